The molecule has 2 heterocycles. The summed E-state index contributed by atoms with van der Waals surface area (Å²) in [4.78, 5) is 11.5. The van der Waals surface area contributed by atoms with E-state index in [1.54, 1.807) is 11.3 Å². The molecule has 3 rings (SSSR count). The van der Waals surface area contributed by atoms with E-state index in [1.165, 1.54) is 23.3 Å². The molecule has 0 saturated carbocycles. The van der Waals surface area contributed by atoms with Gasteiger partial charge in [-0.25, -0.2) is 9.97 Å². The predicted octanol–water partition coefficient (Wildman–Crippen LogP) is 2.34. The average Bonchev–Trinajstić information content (AvgIpc) is 2.88. The fraction of sp³-hybridized carbons (Fsp3) is 0.538. The Bertz CT molecular complexity index is 579. The second-order valence-electron chi connectivity index (χ2n) is 4.51. The summed E-state index contributed by atoms with van der Waals surface area (Å²) in [7, 11) is 0. The van der Waals surface area contributed by atoms with Gasteiger partial charge in [0.05, 0.1) is 12.0 Å². The van der Waals surface area contributed by atoms with Gasteiger partial charge >= 0.3 is 0 Å². The first kappa shape index (κ1) is 11.9. The Balaban J connectivity index is 1.96. The van der Waals surface area contributed by atoms with Crippen LogP contribution in [0.2, 0.25) is 0 Å². The van der Waals surface area contributed by atoms with Crippen LogP contribution in [0.25, 0.3) is 10.2 Å². The van der Waals surface area contributed by atoms with Crippen molar-refractivity contribution in [2.75, 3.05) is 18.9 Å². The summed E-state index contributed by atoms with van der Waals surface area (Å²) >= 11 is 1.78. The van der Waals surface area contributed by atoms with E-state index in [0.29, 0.717) is 12.4 Å². The molecule has 5 heteroatoms. The van der Waals surface area contributed by atoms with Crippen molar-refractivity contribution in [1.29, 1.82) is 0 Å². The number of aromatic nitrogens is 2. The highest BCUT2D eigenvalue weighted by Gasteiger charge is 2.21. The van der Waals surface area contributed by atoms with Crippen molar-refractivity contribution in [2.45, 2.75) is 32.6 Å². The molecule has 0 radical (unpaired) electrons. The van der Waals surface area contributed by atoms with Gasteiger partial charge in [0.25, 0.3) is 0 Å². The molecule has 0 fully saturated rings. The van der Waals surface area contributed by atoms with Crippen molar-refractivity contribution in [3.8, 4) is 0 Å². The second-order valence-corrected chi connectivity index (χ2v) is 5.59. The Morgan fingerprint density at radius 1 is 1.33 bits per heavy atom. The van der Waals surface area contributed by atoms with Crippen LogP contribution in [0.3, 0.4) is 0 Å². The Kier molecular flexibility index (Phi) is 3.18. The maximum atomic E-state index is 6.09. The van der Waals surface area contributed by atoms with E-state index < -0.39 is 0 Å². The van der Waals surface area contributed by atoms with Gasteiger partial charge in [-0.3, -0.25) is 0 Å². The van der Waals surface area contributed by atoms with Gasteiger partial charge in [0.2, 0.25) is 0 Å². The lowest BCUT2D eigenvalue weighted by atomic mass is 10.2. The summed E-state index contributed by atoms with van der Waals surface area (Å²) in [6.45, 7) is 3.37. The number of ether oxygens (including phenoxy) is 1. The number of fused-ring (bicyclic) bond motifs is 3. The van der Waals surface area contributed by atoms with E-state index in [0.717, 1.165) is 35.5 Å². The van der Waals surface area contributed by atoms with E-state index in [-0.39, 0.29) is 0 Å². The van der Waals surface area contributed by atoms with Crippen LogP contribution in [-0.4, -0.2) is 23.2 Å². The van der Waals surface area contributed by atoms with Crippen LogP contribution in [0.5, 0.6) is 0 Å². The lowest BCUT2D eigenvalue weighted by molar-refractivity contribution is 0.149. The van der Waals surface area contributed by atoms with Crippen molar-refractivity contribution in [3.63, 3.8) is 0 Å². The fourth-order valence-corrected chi connectivity index (χ4v) is 3.78. The van der Waals surface area contributed by atoms with Crippen LogP contribution in [0.15, 0.2) is 0 Å². The number of hydrogen-bond acceptors (Lipinski definition) is 5. The van der Waals surface area contributed by atoms with Crippen LogP contribution >= 0.6 is 11.3 Å². The summed E-state index contributed by atoms with van der Waals surface area (Å²) in [5.41, 5.74) is 7.49. The third-order valence-corrected chi connectivity index (χ3v) is 4.50. The lowest BCUT2D eigenvalue weighted by Crippen LogP contribution is -2.05. The molecule has 0 unspecified atom stereocenters. The summed E-state index contributed by atoms with van der Waals surface area (Å²) in [5.74, 6) is 1.44. The highest BCUT2D eigenvalue weighted by Crippen LogP contribution is 2.38. The van der Waals surface area contributed by atoms with Gasteiger partial charge in [-0.1, -0.05) is 0 Å². The van der Waals surface area contributed by atoms with Crippen molar-refractivity contribution in [1.82, 2.24) is 9.97 Å². The number of hydrogen-bond donors (Lipinski definition) is 1. The molecular weight excluding hydrogens is 246 g/mol. The first-order chi connectivity index (χ1) is 8.79. The Morgan fingerprint density at radius 3 is 3.06 bits per heavy atom. The van der Waals surface area contributed by atoms with E-state index in [1.807, 2.05) is 6.92 Å². The zero-order valence-corrected chi connectivity index (χ0v) is 11.3. The number of rotatable bonds is 4. The summed E-state index contributed by atoms with van der Waals surface area (Å²) in [6, 6.07) is 0. The molecule has 2 aromatic heterocycles. The van der Waals surface area contributed by atoms with Crippen LogP contribution in [-0.2, 0) is 24.0 Å². The number of nitrogens with two attached hydrogens (primary N) is 1. The van der Waals surface area contributed by atoms with Gasteiger partial charge in [0.15, 0.2) is 0 Å². The molecule has 0 amide bonds. The fourth-order valence-electron chi connectivity index (χ4n) is 2.49. The molecule has 0 bridgehead atoms. The minimum absolute atomic E-state index is 0.644. The van der Waals surface area contributed by atoms with Gasteiger partial charge in [0.1, 0.15) is 16.5 Å². The predicted molar refractivity (Wildman–Crippen MR) is 74.0 cm³/mol. The Labute approximate surface area is 110 Å². The molecule has 1 aliphatic carbocycles. The van der Waals surface area contributed by atoms with E-state index in [4.69, 9.17) is 10.5 Å². The minimum Gasteiger partial charge on any atom is -0.383 e. The van der Waals surface area contributed by atoms with Gasteiger partial charge in [-0.15, -0.1) is 11.3 Å². The van der Waals surface area contributed by atoms with Gasteiger partial charge < -0.3 is 10.5 Å². The number of nitrogen functional groups attached to an aromatic ring is 1. The zero-order valence-electron chi connectivity index (χ0n) is 10.5. The van der Waals surface area contributed by atoms with Crippen molar-refractivity contribution < 1.29 is 4.74 Å². The highest BCUT2D eigenvalue weighted by molar-refractivity contribution is 7.19. The standard InChI is InChI=1S/C13H17N3OS/c1-2-17-7-6-10-15-12(14)11-8-4-3-5-9(8)18-13(11)16-10/h2-7H2,1H3,(H2,14,15,16). The zero-order chi connectivity index (χ0) is 12.5. The third-order valence-electron chi connectivity index (χ3n) is 3.31. The Morgan fingerprint density at radius 2 is 2.22 bits per heavy atom. The first-order valence-electron chi connectivity index (χ1n) is 6.44. The maximum Gasteiger partial charge on any atom is 0.136 e. The largest absolute Gasteiger partial charge is 0.383 e. The molecule has 2 N–H and O–H groups in total. The molecule has 2 aromatic rings. The topological polar surface area (TPSA) is 61.0 Å². The van der Waals surface area contributed by atoms with Gasteiger partial charge in [0, 0.05) is 17.9 Å². The first-order valence-corrected chi connectivity index (χ1v) is 7.25. The van der Waals surface area contributed by atoms with Crippen LogP contribution in [0.4, 0.5) is 5.82 Å². The molecule has 18 heavy (non-hydrogen) atoms. The number of anilines is 1. The van der Waals surface area contributed by atoms with E-state index in [2.05, 4.69) is 9.97 Å². The summed E-state index contributed by atoms with van der Waals surface area (Å²) < 4.78 is 5.33. The van der Waals surface area contributed by atoms with Gasteiger partial charge in [-0.05, 0) is 31.7 Å². The highest BCUT2D eigenvalue weighted by atomic mass is 32.1. The van der Waals surface area contributed by atoms with Crippen molar-refractivity contribution in [2.24, 2.45) is 0 Å². The van der Waals surface area contributed by atoms with Crippen LogP contribution < -0.4 is 5.73 Å². The molecule has 0 atom stereocenters. The quantitative estimate of drug-likeness (QED) is 0.860. The Hall–Kier alpha value is -1.20. The lowest BCUT2D eigenvalue weighted by Gasteiger charge is -2.04. The molecule has 0 spiro atoms. The van der Waals surface area contributed by atoms with Crippen LogP contribution in [0, 0.1) is 0 Å². The van der Waals surface area contributed by atoms with Gasteiger partial charge in [-0.2, -0.15) is 0 Å². The number of aryl methyl sites for hydroxylation is 2. The van der Waals surface area contributed by atoms with Crippen LogP contribution in [0.1, 0.15) is 29.6 Å². The average molecular weight is 263 g/mol. The second kappa shape index (κ2) is 4.82. The summed E-state index contributed by atoms with van der Waals surface area (Å²) in [5, 5.41) is 1.10. The minimum atomic E-state index is 0.644. The monoisotopic (exact) mass is 263 g/mol. The number of thiophene rings is 1. The van der Waals surface area contributed by atoms with Crippen molar-refractivity contribution in [3.05, 3.63) is 16.3 Å². The van der Waals surface area contributed by atoms with Crippen molar-refractivity contribution >= 4 is 27.4 Å². The smallest absolute Gasteiger partial charge is 0.136 e. The van der Waals surface area contributed by atoms with E-state index >= 15 is 0 Å². The molecule has 4 nitrogen and oxygen atoms in total. The third kappa shape index (κ3) is 1.97. The normalized spacial score (nSPS) is 14.3. The maximum absolute atomic E-state index is 6.09. The summed E-state index contributed by atoms with van der Waals surface area (Å²) in [6.07, 6.45) is 4.27. The molecule has 1 aliphatic rings. The molecule has 0 aromatic carbocycles. The van der Waals surface area contributed by atoms with E-state index in [9.17, 15) is 0 Å². The SMILES string of the molecule is CCOCCc1nc(N)c2c3c(sc2n1)CCC3. The molecule has 0 saturated heterocycles. The molecule has 96 valence electrons. The molecular formula is C13H17N3OS. The number of nitrogens with zero attached hydrogens (tertiary/aromatic N) is 2. The molecule has 0 aliphatic heterocycles.